The highest BCUT2D eigenvalue weighted by Gasteiger charge is 2.25. The van der Waals surface area contributed by atoms with Crippen LogP contribution in [0.4, 0.5) is 8.78 Å². The minimum Gasteiger partial charge on any atom is -0.472 e. The van der Waals surface area contributed by atoms with Gasteiger partial charge in [-0.15, -0.1) is 0 Å². The van der Waals surface area contributed by atoms with Crippen molar-refractivity contribution in [2.24, 2.45) is 5.92 Å². The Morgan fingerprint density at radius 1 is 1.19 bits per heavy atom. The van der Waals surface area contributed by atoms with Crippen LogP contribution in [0.25, 0.3) is 0 Å². The van der Waals surface area contributed by atoms with Gasteiger partial charge in [-0.2, -0.15) is 0 Å². The van der Waals surface area contributed by atoms with Crippen molar-refractivity contribution in [2.45, 2.75) is 17.7 Å². The number of carbonyl (C=O) groups is 1. The molecule has 1 aromatic carbocycles. The van der Waals surface area contributed by atoms with Gasteiger partial charge in [-0.1, -0.05) is 0 Å². The zero-order chi connectivity index (χ0) is 18.7. The van der Waals surface area contributed by atoms with Gasteiger partial charge in [0.15, 0.2) is 11.6 Å². The number of hydrogen-bond acceptors (Lipinski definition) is 4. The van der Waals surface area contributed by atoms with Crippen molar-refractivity contribution in [3.8, 4) is 0 Å². The SMILES string of the molecule is O=C(c1ccoc1)N1CCC(CNS(=O)(=O)c2ccc(F)c(F)c2)CC1. The fourth-order valence-electron chi connectivity index (χ4n) is 2.86. The average molecular weight is 384 g/mol. The van der Waals surface area contributed by atoms with Gasteiger partial charge >= 0.3 is 0 Å². The molecular weight excluding hydrogens is 366 g/mol. The number of benzene rings is 1. The fourth-order valence-corrected chi connectivity index (χ4v) is 3.99. The molecule has 0 bridgehead atoms. The molecule has 0 aliphatic carbocycles. The smallest absolute Gasteiger partial charge is 0.257 e. The average Bonchev–Trinajstić information content (AvgIpc) is 3.17. The molecule has 0 spiro atoms. The highest BCUT2D eigenvalue weighted by atomic mass is 32.2. The summed E-state index contributed by atoms with van der Waals surface area (Å²) in [6.45, 7) is 1.21. The van der Waals surface area contributed by atoms with E-state index < -0.39 is 21.7 Å². The van der Waals surface area contributed by atoms with Crippen molar-refractivity contribution < 1.29 is 26.4 Å². The van der Waals surface area contributed by atoms with Crippen LogP contribution in [0.5, 0.6) is 0 Å². The lowest BCUT2D eigenvalue weighted by atomic mass is 9.97. The van der Waals surface area contributed by atoms with Crippen LogP contribution in [0.3, 0.4) is 0 Å². The van der Waals surface area contributed by atoms with Crippen molar-refractivity contribution >= 4 is 15.9 Å². The maximum atomic E-state index is 13.2. The standard InChI is InChI=1S/C17H18F2N2O4S/c18-15-2-1-14(9-16(15)19)26(23,24)20-10-12-3-6-21(7-4-12)17(22)13-5-8-25-11-13/h1-2,5,8-9,11-12,20H,3-4,6-7,10H2. The fraction of sp³-hybridized carbons (Fsp3) is 0.353. The Morgan fingerprint density at radius 2 is 1.92 bits per heavy atom. The summed E-state index contributed by atoms with van der Waals surface area (Å²) in [6, 6.07) is 4.06. The molecule has 1 fully saturated rings. The molecule has 2 aromatic rings. The van der Waals surface area contributed by atoms with Gasteiger partial charge < -0.3 is 9.32 Å². The lowest BCUT2D eigenvalue weighted by Gasteiger charge is -2.31. The minimum atomic E-state index is -3.91. The minimum absolute atomic E-state index is 0.0588. The molecule has 1 N–H and O–H groups in total. The van der Waals surface area contributed by atoms with Gasteiger partial charge in [-0.05, 0) is 43.0 Å². The van der Waals surface area contributed by atoms with Gasteiger partial charge in [-0.3, -0.25) is 4.79 Å². The summed E-state index contributed by atoms with van der Waals surface area (Å²) in [4.78, 5) is 13.6. The molecule has 3 rings (SSSR count). The van der Waals surface area contributed by atoms with E-state index in [2.05, 4.69) is 4.72 Å². The van der Waals surface area contributed by atoms with Crippen molar-refractivity contribution in [3.05, 3.63) is 54.0 Å². The Morgan fingerprint density at radius 3 is 2.54 bits per heavy atom. The number of hydrogen-bond donors (Lipinski definition) is 1. The second kappa shape index (κ2) is 7.55. The summed E-state index contributed by atoms with van der Waals surface area (Å²) in [5.74, 6) is -2.36. The topological polar surface area (TPSA) is 79.6 Å². The number of nitrogens with zero attached hydrogens (tertiary/aromatic N) is 1. The van der Waals surface area contributed by atoms with Crippen LogP contribution in [-0.2, 0) is 10.0 Å². The molecule has 0 atom stereocenters. The second-order valence-corrected chi connectivity index (χ2v) is 7.94. The summed E-state index contributed by atoms with van der Waals surface area (Å²) in [5, 5.41) is 0. The molecule has 0 unspecified atom stereocenters. The summed E-state index contributed by atoms with van der Waals surface area (Å²) in [6.07, 6.45) is 4.12. The Balaban J connectivity index is 1.53. The number of likely N-dealkylation sites (tertiary alicyclic amines) is 1. The van der Waals surface area contributed by atoms with Crippen LogP contribution in [0.15, 0.2) is 46.1 Å². The van der Waals surface area contributed by atoms with E-state index in [4.69, 9.17) is 4.42 Å². The van der Waals surface area contributed by atoms with E-state index in [1.165, 1.54) is 12.5 Å². The normalized spacial score (nSPS) is 16.0. The number of carbonyl (C=O) groups excluding carboxylic acids is 1. The van der Waals surface area contributed by atoms with Gasteiger partial charge in [0.2, 0.25) is 10.0 Å². The predicted molar refractivity (Wildman–Crippen MR) is 88.9 cm³/mol. The number of sulfonamides is 1. The Kier molecular flexibility index (Phi) is 5.38. The molecular formula is C17H18F2N2O4S. The van der Waals surface area contributed by atoms with Crippen molar-refractivity contribution in [1.29, 1.82) is 0 Å². The van der Waals surface area contributed by atoms with Crippen LogP contribution in [0, 0.1) is 17.6 Å². The monoisotopic (exact) mass is 384 g/mol. The lowest BCUT2D eigenvalue weighted by molar-refractivity contribution is 0.0691. The number of halogens is 2. The first-order chi connectivity index (χ1) is 12.4. The Bertz CT molecular complexity index is 876. The first kappa shape index (κ1) is 18.5. The summed E-state index contributed by atoms with van der Waals surface area (Å²) in [5.41, 5.74) is 0.488. The highest BCUT2D eigenvalue weighted by molar-refractivity contribution is 7.89. The van der Waals surface area contributed by atoms with E-state index in [1.54, 1.807) is 11.0 Å². The van der Waals surface area contributed by atoms with Crippen LogP contribution < -0.4 is 4.72 Å². The van der Waals surface area contributed by atoms with Crippen LogP contribution in [-0.4, -0.2) is 38.9 Å². The van der Waals surface area contributed by atoms with Gasteiger partial charge in [0.25, 0.3) is 5.91 Å². The maximum Gasteiger partial charge on any atom is 0.257 e. The number of furan rings is 1. The number of nitrogens with one attached hydrogen (secondary N) is 1. The quantitative estimate of drug-likeness (QED) is 0.859. The number of amides is 1. The number of rotatable bonds is 5. The van der Waals surface area contributed by atoms with E-state index in [1.807, 2.05) is 0 Å². The van der Waals surface area contributed by atoms with Crippen LogP contribution in [0.2, 0.25) is 0 Å². The van der Waals surface area contributed by atoms with Gasteiger partial charge in [0.05, 0.1) is 16.7 Å². The molecule has 9 heteroatoms. The largest absolute Gasteiger partial charge is 0.472 e. The molecule has 6 nitrogen and oxygen atoms in total. The van der Waals surface area contributed by atoms with Crippen LogP contribution in [0.1, 0.15) is 23.2 Å². The van der Waals surface area contributed by atoms with E-state index in [9.17, 15) is 22.0 Å². The lowest BCUT2D eigenvalue weighted by Crippen LogP contribution is -2.41. The molecule has 1 amide bonds. The molecule has 26 heavy (non-hydrogen) atoms. The van der Waals surface area contributed by atoms with E-state index in [0.717, 1.165) is 12.1 Å². The summed E-state index contributed by atoms with van der Waals surface area (Å²) >= 11 is 0. The molecule has 140 valence electrons. The highest BCUT2D eigenvalue weighted by Crippen LogP contribution is 2.20. The summed E-state index contributed by atoms with van der Waals surface area (Å²) < 4.78 is 57.9. The third-order valence-electron chi connectivity index (χ3n) is 4.43. The molecule has 1 aliphatic heterocycles. The third kappa shape index (κ3) is 4.10. The van der Waals surface area contributed by atoms with Crippen molar-refractivity contribution in [3.63, 3.8) is 0 Å². The zero-order valence-corrected chi connectivity index (χ0v) is 14.6. The predicted octanol–water partition coefficient (Wildman–Crippen LogP) is 2.39. The second-order valence-electron chi connectivity index (χ2n) is 6.18. The Labute approximate surface area is 149 Å². The Hall–Kier alpha value is -2.26. The van der Waals surface area contributed by atoms with Crippen molar-refractivity contribution in [1.82, 2.24) is 9.62 Å². The first-order valence-corrected chi connectivity index (χ1v) is 9.61. The van der Waals surface area contributed by atoms with E-state index in [-0.39, 0.29) is 23.3 Å². The molecule has 1 aromatic heterocycles. The third-order valence-corrected chi connectivity index (χ3v) is 5.85. The molecule has 0 saturated carbocycles. The summed E-state index contributed by atoms with van der Waals surface area (Å²) in [7, 11) is -3.91. The van der Waals surface area contributed by atoms with Crippen molar-refractivity contribution in [2.75, 3.05) is 19.6 Å². The molecule has 0 radical (unpaired) electrons. The zero-order valence-electron chi connectivity index (χ0n) is 13.8. The van der Waals surface area contributed by atoms with Gasteiger partial charge in [0, 0.05) is 19.6 Å². The molecule has 1 saturated heterocycles. The first-order valence-electron chi connectivity index (χ1n) is 8.13. The van der Waals surface area contributed by atoms with E-state index >= 15 is 0 Å². The maximum absolute atomic E-state index is 13.2. The van der Waals surface area contributed by atoms with Gasteiger partial charge in [-0.25, -0.2) is 21.9 Å². The van der Waals surface area contributed by atoms with Crippen LogP contribution >= 0.6 is 0 Å². The van der Waals surface area contributed by atoms with E-state index in [0.29, 0.717) is 37.6 Å². The van der Waals surface area contributed by atoms with Gasteiger partial charge in [0.1, 0.15) is 6.26 Å². The molecule has 1 aliphatic rings. The molecule has 2 heterocycles. The number of piperidine rings is 1.